The van der Waals surface area contributed by atoms with E-state index in [0.717, 1.165) is 16.7 Å². The number of phenols is 1. The molecule has 7 heteroatoms. The van der Waals surface area contributed by atoms with Gasteiger partial charge in [-0.15, -0.1) is 0 Å². The van der Waals surface area contributed by atoms with Crippen LogP contribution in [-0.2, 0) is 22.8 Å². The maximum Gasteiger partial charge on any atom is 0.206 e. The molecule has 2 N–H and O–H groups in total. The first-order valence-corrected chi connectivity index (χ1v) is 13.5. The third-order valence-electron chi connectivity index (χ3n) is 5.99. The number of hydrogen-bond donors (Lipinski definition) is 2. The van der Waals surface area contributed by atoms with Gasteiger partial charge in [-0.3, -0.25) is 4.90 Å². The zero-order valence-corrected chi connectivity index (χ0v) is 21.2. The summed E-state index contributed by atoms with van der Waals surface area (Å²) in [5.74, 6) is 0.0150. The number of nitrogens with zero attached hydrogens (tertiary/aromatic N) is 1. The molecule has 0 aliphatic heterocycles. The van der Waals surface area contributed by atoms with Crippen LogP contribution in [0.1, 0.15) is 22.8 Å². The summed E-state index contributed by atoms with van der Waals surface area (Å²) in [4.78, 5) is 2.49. The van der Waals surface area contributed by atoms with Crippen molar-refractivity contribution in [2.45, 2.75) is 28.9 Å². The third-order valence-corrected chi connectivity index (χ3v) is 7.99. The summed E-state index contributed by atoms with van der Waals surface area (Å²) in [6, 6.07) is 29.7. The lowest BCUT2D eigenvalue weighted by Crippen LogP contribution is -2.30. The van der Waals surface area contributed by atoms with Crippen molar-refractivity contribution in [2.24, 2.45) is 0 Å². The topological polar surface area (TPSA) is 77.8 Å². The van der Waals surface area contributed by atoms with Crippen LogP contribution in [0.25, 0.3) is 0 Å². The summed E-state index contributed by atoms with van der Waals surface area (Å²) < 4.78 is 26.1. The van der Waals surface area contributed by atoms with Gasteiger partial charge in [0.1, 0.15) is 5.75 Å². The second-order valence-electron chi connectivity index (χ2n) is 8.69. The van der Waals surface area contributed by atoms with Crippen LogP contribution in [0.4, 0.5) is 0 Å². The molecule has 1 atom stereocenters. The molecule has 0 heterocycles. The molecule has 0 amide bonds. The van der Waals surface area contributed by atoms with Crippen molar-refractivity contribution in [3.05, 3.63) is 125 Å². The second kappa shape index (κ2) is 11.7. The molecule has 4 aromatic carbocycles. The molecule has 5 nitrogen and oxygen atoms in total. The average molecular weight is 522 g/mol. The number of benzene rings is 4. The third kappa shape index (κ3) is 6.74. The first kappa shape index (κ1) is 25.9. The van der Waals surface area contributed by atoms with Gasteiger partial charge in [0.2, 0.25) is 9.84 Å². The molecule has 0 bridgehead atoms. The van der Waals surface area contributed by atoms with Crippen molar-refractivity contribution in [2.75, 3.05) is 13.1 Å². The molecule has 4 rings (SSSR count). The molecule has 0 saturated carbocycles. The molecule has 0 aliphatic rings. The van der Waals surface area contributed by atoms with Gasteiger partial charge in [0, 0.05) is 24.7 Å². The van der Waals surface area contributed by atoms with Crippen LogP contribution in [0, 0.1) is 0 Å². The highest BCUT2D eigenvalue weighted by atomic mass is 35.5. The van der Waals surface area contributed by atoms with Crippen LogP contribution in [0.2, 0.25) is 5.02 Å². The Kier molecular flexibility index (Phi) is 8.44. The Labute approximate surface area is 217 Å². The van der Waals surface area contributed by atoms with E-state index in [1.807, 2.05) is 48.5 Å². The Bertz CT molecular complexity index is 1390. The van der Waals surface area contributed by atoms with Crippen molar-refractivity contribution < 1.29 is 18.6 Å². The highest BCUT2D eigenvalue weighted by Gasteiger charge is 2.19. The van der Waals surface area contributed by atoms with Gasteiger partial charge in [0.15, 0.2) is 0 Å². The first-order valence-electron chi connectivity index (χ1n) is 11.6. The van der Waals surface area contributed by atoms with Crippen LogP contribution in [0.15, 0.2) is 113 Å². The Morgan fingerprint density at radius 2 is 1.47 bits per heavy atom. The second-order valence-corrected chi connectivity index (χ2v) is 11.1. The van der Waals surface area contributed by atoms with Crippen LogP contribution in [0.3, 0.4) is 0 Å². The van der Waals surface area contributed by atoms with Gasteiger partial charge < -0.3 is 10.2 Å². The Hall–Kier alpha value is -3.16. The lowest BCUT2D eigenvalue weighted by Gasteiger charge is -2.26. The number of aliphatic hydroxyl groups is 1. The van der Waals surface area contributed by atoms with Gasteiger partial charge in [0.05, 0.1) is 15.9 Å². The largest absolute Gasteiger partial charge is 0.508 e. The number of rotatable bonds is 10. The molecule has 4 aromatic rings. The lowest BCUT2D eigenvalue weighted by molar-refractivity contribution is 0.109. The van der Waals surface area contributed by atoms with Gasteiger partial charge in [-0.2, -0.15) is 0 Å². The van der Waals surface area contributed by atoms with Gasteiger partial charge in [-0.1, -0.05) is 66.2 Å². The lowest BCUT2D eigenvalue weighted by atomic mass is 10.1. The molecule has 186 valence electrons. The van der Waals surface area contributed by atoms with Crippen LogP contribution in [-0.4, -0.2) is 36.6 Å². The minimum atomic E-state index is -3.70. The Morgan fingerprint density at radius 3 is 2.19 bits per heavy atom. The molecule has 0 fully saturated rings. The summed E-state index contributed by atoms with van der Waals surface area (Å²) in [5.41, 5.74) is 2.76. The van der Waals surface area contributed by atoms with Crippen molar-refractivity contribution in [3.63, 3.8) is 0 Å². The molecule has 0 spiro atoms. The smallest absolute Gasteiger partial charge is 0.206 e. The minimum absolute atomic E-state index is 0.0150. The van der Waals surface area contributed by atoms with E-state index >= 15 is 0 Å². The number of aliphatic hydroxyl groups excluding tert-OH is 1. The van der Waals surface area contributed by atoms with E-state index in [1.165, 1.54) is 24.3 Å². The number of aromatic hydroxyl groups is 1. The quantitative estimate of drug-likeness (QED) is 0.282. The standard InChI is InChI=1S/C29H28ClNO4S/c30-25-10-5-9-24(19-25)29(33)21-31(20-23-6-2-1-3-7-23)17-16-22-8-4-11-28(18-22)36(34,35)27-14-12-26(32)13-15-27/h1-15,18-19,29,32-33H,16-17,20-21H2/t29-/m0/s1. The van der Waals surface area contributed by atoms with E-state index in [1.54, 1.807) is 30.3 Å². The van der Waals surface area contributed by atoms with E-state index in [0.29, 0.717) is 31.1 Å². The van der Waals surface area contributed by atoms with Crippen molar-refractivity contribution in [3.8, 4) is 5.75 Å². The average Bonchev–Trinajstić information content (AvgIpc) is 2.88. The first-order chi connectivity index (χ1) is 17.3. The van der Waals surface area contributed by atoms with E-state index in [2.05, 4.69) is 4.90 Å². The predicted molar refractivity (Wildman–Crippen MR) is 142 cm³/mol. The van der Waals surface area contributed by atoms with Crippen molar-refractivity contribution in [1.29, 1.82) is 0 Å². The number of hydrogen-bond acceptors (Lipinski definition) is 5. The maximum atomic E-state index is 13.1. The summed E-state index contributed by atoms with van der Waals surface area (Å²) in [6.07, 6.45) is -0.109. The maximum absolute atomic E-state index is 13.1. The van der Waals surface area contributed by atoms with Crippen molar-refractivity contribution in [1.82, 2.24) is 4.90 Å². The SMILES string of the molecule is O=S(=O)(c1ccc(O)cc1)c1cccc(CCN(Cc2ccccc2)C[C@H](O)c2cccc(Cl)c2)c1. The zero-order chi connectivity index (χ0) is 25.5. The normalized spacial score (nSPS) is 12.5. The predicted octanol–water partition coefficient (Wildman–Crippen LogP) is 5.66. The fourth-order valence-corrected chi connectivity index (χ4v) is 5.59. The van der Waals surface area contributed by atoms with E-state index in [4.69, 9.17) is 11.6 Å². The van der Waals surface area contributed by atoms with Gasteiger partial charge in [-0.25, -0.2) is 8.42 Å². The summed E-state index contributed by atoms with van der Waals surface area (Å²) in [5, 5.41) is 21.0. The Balaban J connectivity index is 1.51. The molecule has 0 radical (unpaired) electrons. The molecule has 0 aromatic heterocycles. The Morgan fingerprint density at radius 1 is 0.778 bits per heavy atom. The molecule has 36 heavy (non-hydrogen) atoms. The number of phenolic OH excluding ortho intramolecular Hbond substituents is 1. The van der Waals surface area contributed by atoms with Crippen LogP contribution >= 0.6 is 11.6 Å². The highest BCUT2D eigenvalue weighted by molar-refractivity contribution is 7.91. The van der Waals surface area contributed by atoms with Gasteiger partial charge in [-0.05, 0) is 71.6 Å². The number of sulfone groups is 1. The monoisotopic (exact) mass is 521 g/mol. The summed E-state index contributed by atoms with van der Waals surface area (Å²) in [6.45, 7) is 1.67. The van der Waals surface area contributed by atoms with Crippen LogP contribution < -0.4 is 0 Å². The summed E-state index contributed by atoms with van der Waals surface area (Å²) in [7, 11) is -3.70. The minimum Gasteiger partial charge on any atom is -0.508 e. The molecular weight excluding hydrogens is 494 g/mol. The van der Waals surface area contributed by atoms with Crippen molar-refractivity contribution >= 4 is 21.4 Å². The van der Waals surface area contributed by atoms with Gasteiger partial charge in [0.25, 0.3) is 0 Å². The zero-order valence-electron chi connectivity index (χ0n) is 19.7. The molecule has 0 saturated heterocycles. The van der Waals surface area contributed by atoms with E-state index < -0.39 is 15.9 Å². The van der Waals surface area contributed by atoms with Crippen LogP contribution in [0.5, 0.6) is 5.75 Å². The summed E-state index contributed by atoms with van der Waals surface area (Å²) >= 11 is 6.11. The highest BCUT2D eigenvalue weighted by Crippen LogP contribution is 2.24. The fourth-order valence-electron chi connectivity index (χ4n) is 4.06. The number of halogens is 1. The van der Waals surface area contributed by atoms with E-state index in [9.17, 15) is 18.6 Å². The molecule has 0 unspecified atom stereocenters. The van der Waals surface area contributed by atoms with Gasteiger partial charge >= 0.3 is 0 Å². The van der Waals surface area contributed by atoms with E-state index in [-0.39, 0.29) is 15.5 Å². The molecule has 0 aliphatic carbocycles. The fraction of sp³-hybridized carbons (Fsp3) is 0.172. The molecular formula is C29H28ClNO4S.